The number of benzene rings is 1. The molecule has 0 saturated carbocycles. The number of halogens is 3. The third-order valence-electron chi connectivity index (χ3n) is 5.93. The second-order valence-electron chi connectivity index (χ2n) is 9.23. The van der Waals surface area contributed by atoms with Gasteiger partial charge in [0.25, 0.3) is 0 Å². The number of hydrogen-bond donors (Lipinski definition) is 3. The van der Waals surface area contributed by atoms with Crippen LogP contribution in [0.3, 0.4) is 0 Å². The molecule has 210 valence electrons. The Kier molecular flexibility index (Phi) is 9.41. The van der Waals surface area contributed by atoms with E-state index < -0.39 is 12.7 Å². The fourth-order valence-electron chi connectivity index (χ4n) is 4.14. The van der Waals surface area contributed by atoms with Gasteiger partial charge in [-0.3, -0.25) is 0 Å². The number of nitrogens with zero attached hydrogens (tertiary/aromatic N) is 5. The minimum Gasteiger partial charge on any atom is -0.387 e. The molecular weight excluding hydrogens is 537 g/mol. The summed E-state index contributed by atoms with van der Waals surface area (Å²) in [6.45, 7) is 2.61. The van der Waals surface area contributed by atoms with Crippen LogP contribution in [0.25, 0.3) is 0 Å². The molecule has 0 unspecified atom stereocenters. The van der Waals surface area contributed by atoms with Gasteiger partial charge in [0.2, 0.25) is 5.95 Å². The van der Waals surface area contributed by atoms with Crippen molar-refractivity contribution in [2.45, 2.75) is 45.8 Å². The molecule has 0 atom stereocenters. The van der Waals surface area contributed by atoms with E-state index in [4.69, 9.17) is 10.7 Å². The molecule has 2 heterocycles. The second-order valence-corrected chi connectivity index (χ2v) is 10.1. The van der Waals surface area contributed by atoms with Crippen molar-refractivity contribution in [2.75, 3.05) is 23.4 Å². The van der Waals surface area contributed by atoms with E-state index in [1.54, 1.807) is 25.6 Å². The first-order valence-electron chi connectivity index (χ1n) is 12.7. The number of aryl methyl sites for hydroxylation is 1. The molecule has 0 spiro atoms. The van der Waals surface area contributed by atoms with E-state index in [2.05, 4.69) is 42.7 Å². The highest BCUT2D eigenvalue weighted by atomic mass is 32.2. The molecule has 40 heavy (non-hydrogen) atoms. The van der Waals surface area contributed by atoms with Crippen LogP contribution in [0.5, 0.6) is 0 Å². The Hall–Kier alpha value is -3.93. The number of aromatic nitrogens is 2. The average Bonchev–Trinajstić information content (AvgIpc) is 3.16. The predicted octanol–water partition coefficient (Wildman–Crippen LogP) is 6.64. The number of nitrogens with one attached hydrogen (secondary N) is 2. The Morgan fingerprint density at radius 2 is 1.88 bits per heavy atom. The highest BCUT2D eigenvalue weighted by molar-refractivity contribution is 8.02. The van der Waals surface area contributed by atoms with Gasteiger partial charge in [0.15, 0.2) is 5.82 Å². The first-order valence-corrected chi connectivity index (χ1v) is 13.9. The van der Waals surface area contributed by atoms with Crippen molar-refractivity contribution >= 4 is 52.3 Å². The summed E-state index contributed by atoms with van der Waals surface area (Å²) in [5, 5.41) is 5.57. The van der Waals surface area contributed by atoms with Crippen molar-refractivity contribution in [3.8, 4) is 0 Å². The van der Waals surface area contributed by atoms with Crippen LogP contribution in [0, 0.1) is 0 Å². The maximum Gasteiger partial charge on any atom is 0.405 e. The molecule has 4 N–H and O–H groups in total. The highest BCUT2D eigenvalue weighted by Crippen LogP contribution is 2.35. The van der Waals surface area contributed by atoms with Crippen LogP contribution in [-0.2, 0) is 13.0 Å². The summed E-state index contributed by atoms with van der Waals surface area (Å²) in [6, 6.07) is 7.47. The van der Waals surface area contributed by atoms with Gasteiger partial charge in [-0.05, 0) is 74.8 Å². The lowest BCUT2D eigenvalue weighted by atomic mass is 9.98. The molecule has 1 aromatic heterocycles. The van der Waals surface area contributed by atoms with Gasteiger partial charge in [-0.15, -0.1) is 11.8 Å². The SMILES string of the molecule is CSC1=CC=CCC(C2=Nc3c(nc(NCc4ccc(N=C(C)N=C(C)N)cc4)nc3NCC(F)(F)F)CC2)=C1. The molecule has 4 rings (SSSR count). The molecule has 0 bridgehead atoms. The molecule has 12 heteroatoms. The zero-order valence-electron chi connectivity index (χ0n) is 22.5. The smallest absolute Gasteiger partial charge is 0.387 e. The van der Waals surface area contributed by atoms with Crippen molar-refractivity contribution < 1.29 is 13.2 Å². The number of alkyl halides is 3. The van der Waals surface area contributed by atoms with Crippen LogP contribution in [0.4, 0.5) is 36.3 Å². The lowest BCUT2D eigenvalue weighted by molar-refractivity contribution is -0.115. The molecule has 0 amide bonds. The molecule has 8 nitrogen and oxygen atoms in total. The number of hydrogen-bond acceptors (Lipinski definition) is 7. The second kappa shape index (κ2) is 12.9. The van der Waals surface area contributed by atoms with E-state index in [0.717, 1.165) is 27.4 Å². The standard InChI is InChI=1S/C28H31F3N8S/c1-17(32)35-18(2)36-21-10-8-19(9-11-21)15-33-27-38-24-13-12-23(20-6-4-5-7-22(14-20)40-3)37-25(24)26(39-27)34-16-28(29,30)31/h4-5,7-11,14H,6,12-13,15-16H2,1-3H3,(H2,32,35,36)(H2,33,34,38,39). The van der Waals surface area contributed by atoms with E-state index in [-0.39, 0.29) is 11.8 Å². The Morgan fingerprint density at radius 3 is 2.58 bits per heavy atom. The normalized spacial score (nSPS) is 16.0. The van der Waals surface area contributed by atoms with Crippen LogP contribution < -0.4 is 16.4 Å². The predicted molar refractivity (Wildman–Crippen MR) is 159 cm³/mol. The van der Waals surface area contributed by atoms with Gasteiger partial charge in [-0.2, -0.15) is 18.2 Å². The maximum atomic E-state index is 13.1. The first-order chi connectivity index (χ1) is 19.1. The van der Waals surface area contributed by atoms with Crippen molar-refractivity contribution in [3.63, 3.8) is 0 Å². The quantitative estimate of drug-likeness (QED) is 0.243. The molecule has 1 aliphatic heterocycles. The van der Waals surface area contributed by atoms with Crippen molar-refractivity contribution in [2.24, 2.45) is 20.7 Å². The largest absolute Gasteiger partial charge is 0.405 e. The topological polar surface area (TPSA) is 113 Å². The average molecular weight is 569 g/mol. The van der Waals surface area contributed by atoms with Gasteiger partial charge >= 0.3 is 6.18 Å². The van der Waals surface area contributed by atoms with Crippen LogP contribution in [0.15, 0.2) is 74.0 Å². The van der Waals surface area contributed by atoms with Gasteiger partial charge in [0, 0.05) is 17.2 Å². The summed E-state index contributed by atoms with van der Waals surface area (Å²) in [5.41, 5.74) is 10.1. The van der Waals surface area contributed by atoms with Gasteiger partial charge in [-0.1, -0.05) is 24.3 Å². The lowest BCUT2D eigenvalue weighted by Gasteiger charge is -2.21. The van der Waals surface area contributed by atoms with Crippen molar-refractivity contribution in [1.29, 1.82) is 0 Å². The lowest BCUT2D eigenvalue weighted by Crippen LogP contribution is -2.23. The summed E-state index contributed by atoms with van der Waals surface area (Å²) >= 11 is 1.63. The number of rotatable bonds is 8. The highest BCUT2D eigenvalue weighted by Gasteiger charge is 2.29. The Morgan fingerprint density at radius 1 is 1.10 bits per heavy atom. The molecule has 0 radical (unpaired) electrons. The van der Waals surface area contributed by atoms with Gasteiger partial charge in [0.1, 0.15) is 18.1 Å². The number of fused-ring (bicyclic) bond motifs is 1. The van der Waals surface area contributed by atoms with Gasteiger partial charge in [-0.25, -0.2) is 20.0 Å². The monoisotopic (exact) mass is 568 g/mol. The van der Waals surface area contributed by atoms with E-state index >= 15 is 0 Å². The van der Waals surface area contributed by atoms with Crippen molar-refractivity contribution in [3.05, 3.63) is 70.3 Å². The third-order valence-corrected chi connectivity index (χ3v) is 6.66. The van der Waals surface area contributed by atoms with Crippen LogP contribution in [0.1, 0.15) is 37.9 Å². The van der Waals surface area contributed by atoms with Crippen LogP contribution in [0.2, 0.25) is 0 Å². The molecule has 0 saturated heterocycles. The Balaban J connectivity index is 1.56. The van der Waals surface area contributed by atoms with E-state index in [9.17, 15) is 13.2 Å². The zero-order valence-corrected chi connectivity index (χ0v) is 23.3. The fourth-order valence-corrected chi connectivity index (χ4v) is 4.62. The van der Waals surface area contributed by atoms with E-state index in [0.29, 0.717) is 48.9 Å². The summed E-state index contributed by atoms with van der Waals surface area (Å²) < 4.78 is 39.3. The number of aliphatic imine (C=N–C) groups is 3. The number of nitrogens with two attached hydrogens (primary N) is 1. The maximum absolute atomic E-state index is 13.1. The summed E-state index contributed by atoms with van der Waals surface area (Å²) in [5.74, 6) is 1.27. The zero-order chi connectivity index (χ0) is 28.7. The molecule has 1 aliphatic carbocycles. The minimum absolute atomic E-state index is 0.0586. The first kappa shape index (κ1) is 29.1. The number of thioether (sulfide) groups is 1. The molecule has 0 fully saturated rings. The van der Waals surface area contributed by atoms with Gasteiger partial charge < -0.3 is 16.4 Å². The van der Waals surface area contributed by atoms with Crippen LogP contribution in [-0.4, -0.2) is 46.3 Å². The Bertz CT molecular complexity index is 1420. The van der Waals surface area contributed by atoms with Crippen LogP contribution >= 0.6 is 11.8 Å². The third kappa shape index (κ3) is 8.28. The number of anilines is 2. The van der Waals surface area contributed by atoms with E-state index in [1.165, 1.54) is 0 Å². The minimum atomic E-state index is -4.41. The number of amidine groups is 2. The molecule has 1 aromatic carbocycles. The summed E-state index contributed by atoms with van der Waals surface area (Å²) in [7, 11) is 0. The van der Waals surface area contributed by atoms with Gasteiger partial charge in [0.05, 0.1) is 17.2 Å². The fraction of sp³-hybridized carbons (Fsp3) is 0.321. The number of allylic oxidation sites excluding steroid dienone is 5. The summed E-state index contributed by atoms with van der Waals surface area (Å²) in [6.07, 6.45) is 7.64. The summed E-state index contributed by atoms with van der Waals surface area (Å²) in [4.78, 5) is 23.3. The van der Waals surface area contributed by atoms with E-state index in [1.807, 2.05) is 42.7 Å². The molecule has 2 aromatic rings. The molecule has 2 aliphatic rings. The van der Waals surface area contributed by atoms with Crippen molar-refractivity contribution in [1.82, 2.24) is 9.97 Å². The Labute approximate surface area is 235 Å². The molecular formula is C28H31F3N8S.